The van der Waals surface area contributed by atoms with E-state index in [1.165, 1.54) is 5.69 Å². The van der Waals surface area contributed by atoms with Gasteiger partial charge in [-0.15, -0.1) is 0 Å². The first-order chi connectivity index (χ1) is 14.2. The van der Waals surface area contributed by atoms with Gasteiger partial charge in [0.2, 0.25) is 0 Å². The van der Waals surface area contributed by atoms with Gasteiger partial charge in [0.25, 0.3) is 0 Å². The maximum Gasteiger partial charge on any atom is 0.407 e. The molecule has 2 fully saturated rings. The minimum Gasteiger partial charge on any atom is -0.450 e. The highest BCUT2D eigenvalue weighted by atomic mass is 16.5. The van der Waals surface area contributed by atoms with E-state index in [1.807, 2.05) is 6.92 Å². The normalized spacial score (nSPS) is 18.8. The van der Waals surface area contributed by atoms with Crippen molar-refractivity contribution in [1.29, 1.82) is 0 Å². The van der Waals surface area contributed by atoms with Crippen LogP contribution in [0, 0.1) is 5.92 Å². The standard InChI is InChI=1S/C22H35N5O2/c1-3-23-21(24-16-20(17-10-11-17)26-22(28)29-4-2)25-18-12-14-27(15-13-18)19-8-6-5-7-9-19/h5-9,17-18,20H,3-4,10-16H2,1-2H3,(H,26,28)(H2,23,24,25). The SMILES string of the molecule is CCNC(=NCC(NC(=O)OCC)C1CC1)NC1CCN(c2ccccc2)CC1. The van der Waals surface area contributed by atoms with Crippen molar-refractivity contribution in [3.8, 4) is 0 Å². The Morgan fingerprint density at radius 1 is 1.17 bits per heavy atom. The van der Waals surface area contributed by atoms with Gasteiger partial charge in [-0.2, -0.15) is 0 Å². The van der Waals surface area contributed by atoms with Crippen molar-refractivity contribution < 1.29 is 9.53 Å². The molecule has 0 aromatic heterocycles. The van der Waals surface area contributed by atoms with E-state index in [4.69, 9.17) is 9.73 Å². The van der Waals surface area contributed by atoms with Gasteiger partial charge in [-0.05, 0) is 57.6 Å². The number of alkyl carbamates (subject to hydrolysis) is 1. The number of nitrogens with zero attached hydrogens (tertiary/aromatic N) is 2. The van der Waals surface area contributed by atoms with Crippen molar-refractivity contribution in [2.75, 3.05) is 37.7 Å². The predicted molar refractivity (Wildman–Crippen MR) is 117 cm³/mol. The average molecular weight is 402 g/mol. The highest BCUT2D eigenvalue weighted by molar-refractivity contribution is 5.80. The Bertz CT molecular complexity index is 654. The number of rotatable bonds is 8. The largest absolute Gasteiger partial charge is 0.450 e. The maximum atomic E-state index is 11.8. The summed E-state index contributed by atoms with van der Waals surface area (Å²) in [5.74, 6) is 1.35. The number of amides is 1. The van der Waals surface area contributed by atoms with E-state index in [0.717, 1.165) is 51.3 Å². The van der Waals surface area contributed by atoms with E-state index >= 15 is 0 Å². The number of nitrogens with one attached hydrogen (secondary N) is 3. The lowest BCUT2D eigenvalue weighted by Gasteiger charge is -2.34. The number of aliphatic imine (C=N–C) groups is 1. The molecule has 29 heavy (non-hydrogen) atoms. The van der Waals surface area contributed by atoms with Crippen molar-refractivity contribution in [3.63, 3.8) is 0 Å². The Morgan fingerprint density at radius 2 is 1.90 bits per heavy atom. The molecule has 3 rings (SSSR count). The van der Waals surface area contributed by atoms with E-state index in [0.29, 0.717) is 25.1 Å². The number of carbonyl (C=O) groups excluding carboxylic acids is 1. The first-order valence-electron chi connectivity index (χ1n) is 11.0. The van der Waals surface area contributed by atoms with Crippen LogP contribution >= 0.6 is 0 Å². The van der Waals surface area contributed by atoms with Crippen molar-refractivity contribution in [2.24, 2.45) is 10.9 Å². The minimum absolute atomic E-state index is 0.0458. The molecule has 1 aliphatic carbocycles. The number of piperidine rings is 1. The van der Waals surface area contributed by atoms with Gasteiger partial charge in [-0.3, -0.25) is 4.99 Å². The van der Waals surface area contributed by atoms with Crippen molar-refractivity contribution in [1.82, 2.24) is 16.0 Å². The Morgan fingerprint density at radius 3 is 2.52 bits per heavy atom. The molecule has 3 N–H and O–H groups in total. The molecule has 1 amide bonds. The topological polar surface area (TPSA) is 78.0 Å². The second-order valence-electron chi connectivity index (χ2n) is 7.77. The van der Waals surface area contributed by atoms with Crippen LogP contribution in [0.4, 0.5) is 10.5 Å². The van der Waals surface area contributed by atoms with Crippen LogP contribution in [0.5, 0.6) is 0 Å². The van der Waals surface area contributed by atoms with Crippen LogP contribution in [0.3, 0.4) is 0 Å². The third-order valence-corrected chi connectivity index (χ3v) is 5.52. The van der Waals surface area contributed by atoms with Gasteiger partial charge in [0.05, 0.1) is 19.2 Å². The van der Waals surface area contributed by atoms with Crippen molar-refractivity contribution in [3.05, 3.63) is 30.3 Å². The summed E-state index contributed by atoms with van der Waals surface area (Å²) in [6, 6.07) is 11.0. The molecular weight excluding hydrogens is 366 g/mol. The summed E-state index contributed by atoms with van der Waals surface area (Å²) in [4.78, 5) is 19.0. The fraction of sp³-hybridized carbons (Fsp3) is 0.636. The molecule has 1 saturated carbocycles. The van der Waals surface area contributed by atoms with Gasteiger partial charge in [-0.25, -0.2) is 4.79 Å². The van der Waals surface area contributed by atoms with E-state index in [2.05, 4.69) is 58.1 Å². The zero-order chi connectivity index (χ0) is 20.5. The van der Waals surface area contributed by atoms with Crippen molar-refractivity contribution in [2.45, 2.75) is 51.6 Å². The molecule has 160 valence electrons. The lowest BCUT2D eigenvalue weighted by Crippen LogP contribution is -2.49. The fourth-order valence-corrected chi connectivity index (χ4v) is 3.76. The molecular formula is C22H35N5O2. The second-order valence-corrected chi connectivity index (χ2v) is 7.77. The van der Waals surface area contributed by atoms with Gasteiger partial charge in [0.15, 0.2) is 5.96 Å². The lowest BCUT2D eigenvalue weighted by atomic mass is 10.0. The second kappa shape index (κ2) is 10.9. The number of hydrogen-bond acceptors (Lipinski definition) is 4. The summed E-state index contributed by atoms with van der Waals surface area (Å²) in [7, 11) is 0. The molecule has 0 radical (unpaired) electrons. The van der Waals surface area contributed by atoms with E-state index < -0.39 is 0 Å². The zero-order valence-electron chi connectivity index (χ0n) is 17.7. The third-order valence-electron chi connectivity index (χ3n) is 5.52. The molecule has 2 aliphatic rings. The van der Waals surface area contributed by atoms with Crippen LogP contribution in [0.2, 0.25) is 0 Å². The number of ether oxygens (including phenoxy) is 1. The van der Waals surface area contributed by atoms with Gasteiger partial charge in [0, 0.05) is 31.4 Å². The van der Waals surface area contributed by atoms with Crippen LogP contribution < -0.4 is 20.9 Å². The molecule has 1 aromatic carbocycles. The smallest absolute Gasteiger partial charge is 0.407 e. The molecule has 1 atom stereocenters. The molecule has 1 saturated heterocycles. The average Bonchev–Trinajstić information content (AvgIpc) is 3.58. The molecule has 1 heterocycles. The van der Waals surface area contributed by atoms with E-state index in [-0.39, 0.29) is 12.1 Å². The molecule has 1 unspecified atom stereocenters. The van der Waals surface area contributed by atoms with E-state index in [1.54, 1.807) is 0 Å². The van der Waals surface area contributed by atoms with Gasteiger partial charge >= 0.3 is 6.09 Å². The Balaban J connectivity index is 1.50. The number of benzene rings is 1. The number of guanidine groups is 1. The zero-order valence-corrected chi connectivity index (χ0v) is 17.7. The number of carbonyl (C=O) groups is 1. The predicted octanol–water partition coefficient (Wildman–Crippen LogP) is 2.74. The van der Waals surface area contributed by atoms with Crippen LogP contribution in [0.25, 0.3) is 0 Å². The Labute approximate surface area is 174 Å². The van der Waals surface area contributed by atoms with Gasteiger partial charge in [-0.1, -0.05) is 18.2 Å². The molecule has 0 spiro atoms. The van der Waals surface area contributed by atoms with Crippen LogP contribution in [0.1, 0.15) is 39.5 Å². The van der Waals surface area contributed by atoms with Gasteiger partial charge in [0.1, 0.15) is 0 Å². The maximum absolute atomic E-state index is 11.8. The third kappa shape index (κ3) is 6.84. The van der Waals surface area contributed by atoms with Crippen LogP contribution in [-0.4, -0.2) is 56.9 Å². The molecule has 7 heteroatoms. The fourth-order valence-electron chi connectivity index (χ4n) is 3.76. The molecule has 0 bridgehead atoms. The first kappa shape index (κ1) is 21.3. The molecule has 1 aliphatic heterocycles. The number of hydrogen-bond donors (Lipinski definition) is 3. The summed E-state index contributed by atoms with van der Waals surface area (Å²) in [5, 5.41) is 9.91. The minimum atomic E-state index is -0.342. The quantitative estimate of drug-likeness (QED) is 0.461. The Hall–Kier alpha value is -2.44. The lowest BCUT2D eigenvalue weighted by molar-refractivity contribution is 0.147. The highest BCUT2D eigenvalue weighted by Crippen LogP contribution is 2.32. The van der Waals surface area contributed by atoms with E-state index in [9.17, 15) is 4.79 Å². The number of para-hydroxylation sites is 1. The summed E-state index contributed by atoms with van der Waals surface area (Å²) in [5.41, 5.74) is 1.30. The van der Waals surface area contributed by atoms with Gasteiger partial charge < -0.3 is 25.6 Å². The monoisotopic (exact) mass is 401 g/mol. The van der Waals surface area contributed by atoms with Crippen molar-refractivity contribution >= 4 is 17.7 Å². The summed E-state index contributed by atoms with van der Waals surface area (Å²) in [6.45, 7) is 7.74. The Kier molecular flexibility index (Phi) is 8.02. The highest BCUT2D eigenvalue weighted by Gasteiger charge is 2.32. The number of anilines is 1. The summed E-state index contributed by atoms with van der Waals surface area (Å²) < 4.78 is 5.04. The van der Waals surface area contributed by atoms with Crippen LogP contribution in [-0.2, 0) is 4.74 Å². The summed E-state index contributed by atoms with van der Waals surface area (Å²) in [6.07, 6.45) is 4.10. The molecule has 7 nitrogen and oxygen atoms in total. The first-order valence-corrected chi connectivity index (χ1v) is 11.0. The molecule has 1 aromatic rings. The summed E-state index contributed by atoms with van der Waals surface area (Å²) >= 11 is 0. The van der Waals surface area contributed by atoms with Crippen LogP contribution in [0.15, 0.2) is 35.3 Å².